The number of hydrogen-bond acceptors (Lipinski definition) is 6. The Hall–Kier alpha value is -5.62. The van der Waals surface area contributed by atoms with Gasteiger partial charge in [-0.2, -0.15) is 0 Å². The molecule has 0 aliphatic heterocycles. The first kappa shape index (κ1) is 26.6. The van der Waals surface area contributed by atoms with Crippen LogP contribution in [0, 0.1) is 0 Å². The maximum absolute atomic E-state index is 14.1. The monoisotopic (exact) mass is 554 g/mol. The van der Waals surface area contributed by atoms with Crippen LogP contribution in [0.15, 0.2) is 167 Å². The Labute approximate surface area is 242 Å². The molecule has 0 saturated carbocycles. The highest BCUT2D eigenvalue weighted by Gasteiger charge is 2.66. The second-order valence-corrected chi connectivity index (χ2v) is 9.56. The number of ether oxygens (including phenoxy) is 2. The number of esters is 2. The first-order valence-corrected chi connectivity index (χ1v) is 13.4. The molecule has 0 spiro atoms. The Balaban J connectivity index is 1.73. The van der Waals surface area contributed by atoms with E-state index in [9.17, 15) is 9.59 Å². The molecule has 4 aromatic carbocycles. The molecule has 0 N–H and O–H groups in total. The van der Waals surface area contributed by atoms with Gasteiger partial charge < -0.3 is 18.3 Å². The second-order valence-electron chi connectivity index (χ2n) is 9.56. The van der Waals surface area contributed by atoms with E-state index in [-0.39, 0.29) is 11.5 Å². The van der Waals surface area contributed by atoms with Crippen molar-refractivity contribution in [2.75, 3.05) is 0 Å². The van der Waals surface area contributed by atoms with E-state index in [1.165, 1.54) is 12.5 Å². The van der Waals surface area contributed by atoms with Gasteiger partial charge in [0.2, 0.25) is 11.2 Å². The summed E-state index contributed by atoms with van der Waals surface area (Å²) in [4.78, 5) is 28.2. The fourth-order valence-electron chi connectivity index (χ4n) is 5.25. The van der Waals surface area contributed by atoms with Crippen LogP contribution in [0.3, 0.4) is 0 Å². The molecule has 6 nitrogen and oxygen atoms in total. The minimum Gasteiger partial charge on any atom is -0.464 e. The van der Waals surface area contributed by atoms with E-state index in [1.54, 1.807) is 97.1 Å². The zero-order valence-corrected chi connectivity index (χ0v) is 22.5. The quantitative estimate of drug-likeness (QED) is 0.170. The van der Waals surface area contributed by atoms with Gasteiger partial charge in [-0.05, 0) is 48.5 Å². The van der Waals surface area contributed by atoms with E-state index in [0.29, 0.717) is 22.3 Å². The summed E-state index contributed by atoms with van der Waals surface area (Å²) in [6.45, 7) is 0. The summed E-state index contributed by atoms with van der Waals surface area (Å²) >= 11 is 0. The first-order valence-electron chi connectivity index (χ1n) is 13.4. The molecule has 42 heavy (non-hydrogen) atoms. The molecular weight excluding hydrogens is 528 g/mol. The molecule has 2 atom stereocenters. The van der Waals surface area contributed by atoms with Gasteiger partial charge in [0.1, 0.15) is 0 Å². The first-order chi connectivity index (χ1) is 20.6. The Morgan fingerprint density at radius 3 is 1.07 bits per heavy atom. The standard InChI is InChI=1S/C36H26O6/c37-33(27-15-5-1-6-16-27)41-35(31-23-13-25-39-31,29-19-9-3-10-20-29)36(32-24-14-26-40-32,30-21-11-4-12-22-30)42-34(38)28-17-7-2-8-18-28/h1-26H. The van der Waals surface area contributed by atoms with E-state index < -0.39 is 23.1 Å². The lowest BCUT2D eigenvalue weighted by atomic mass is 9.69. The number of carbonyl (C=O) groups excluding carboxylic acids is 2. The molecule has 6 aromatic rings. The van der Waals surface area contributed by atoms with Gasteiger partial charge in [-0.25, -0.2) is 9.59 Å². The van der Waals surface area contributed by atoms with Gasteiger partial charge in [-0.3, -0.25) is 0 Å². The van der Waals surface area contributed by atoms with Crippen LogP contribution in [-0.4, -0.2) is 11.9 Å². The largest absolute Gasteiger partial charge is 0.464 e. The molecular formula is C36H26O6. The summed E-state index contributed by atoms with van der Waals surface area (Å²) in [6, 6.07) is 42.2. The highest BCUT2D eigenvalue weighted by molar-refractivity contribution is 5.91. The molecule has 0 bridgehead atoms. The molecule has 2 aromatic heterocycles. The van der Waals surface area contributed by atoms with Crippen LogP contribution in [0.4, 0.5) is 0 Å². The molecule has 0 saturated heterocycles. The third-order valence-corrected chi connectivity index (χ3v) is 7.10. The molecule has 2 unspecified atom stereocenters. The highest BCUT2D eigenvalue weighted by Crippen LogP contribution is 2.55. The van der Waals surface area contributed by atoms with Crippen LogP contribution in [0.25, 0.3) is 0 Å². The Morgan fingerprint density at radius 1 is 0.429 bits per heavy atom. The molecule has 0 radical (unpaired) electrons. The number of carbonyl (C=O) groups is 2. The fraction of sp³-hybridized carbons (Fsp3) is 0.0556. The van der Waals surface area contributed by atoms with Crippen LogP contribution in [0.1, 0.15) is 43.4 Å². The number of rotatable bonds is 9. The Bertz CT molecular complexity index is 1600. The van der Waals surface area contributed by atoms with Crippen molar-refractivity contribution < 1.29 is 27.9 Å². The van der Waals surface area contributed by atoms with Gasteiger partial charge in [0.25, 0.3) is 0 Å². The average Bonchev–Trinajstić information content (AvgIpc) is 3.80. The summed E-state index contributed by atoms with van der Waals surface area (Å²) in [7, 11) is 0. The van der Waals surface area contributed by atoms with Crippen LogP contribution in [0.2, 0.25) is 0 Å². The Kier molecular flexibility index (Phi) is 7.26. The van der Waals surface area contributed by atoms with Crippen LogP contribution >= 0.6 is 0 Å². The van der Waals surface area contributed by atoms with Crippen molar-refractivity contribution in [3.8, 4) is 0 Å². The zero-order chi connectivity index (χ0) is 28.8. The lowest BCUT2D eigenvalue weighted by Crippen LogP contribution is -2.56. The molecule has 0 fully saturated rings. The summed E-state index contributed by atoms with van der Waals surface area (Å²) in [5.41, 5.74) is -2.22. The zero-order valence-electron chi connectivity index (χ0n) is 22.5. The minimum absolute atomic E-state index is 0.221. The van der Waals surface area contributed by atoms with Crippen molar-refractivity contribution in [1.82, 2.24) is 0 Å². The number of benzene rings is 4. The molecule has 6 heteroatoms. The topological polar surface area (TPSA) is 78.9 Å². The maximum Gasteiger partial charge on any atom is 0.339 e. The van der Waals surface area contributed by atoms with E-state index in [0.717, 1.165) is 0 Å². The number of furan rings is 2. The third kappa shape index (κ3) is 4.59. The van der Waals surface area contributed by atoms with Crippen molar-refractivity contribution in [3.05, 3.63) is 192 Å². The van der Waals surface area contributed by atoms with Gasteiger partial charge in [0.15, 0.2) is 11.5 Å². The average molecular weight is 555 g/mol. The van der Waals surface area contributed by atoms with Crippen molar-refractivity contribution in [2.24, 2.45) is 0 Å². The van der Waals surface area contributed by atoms with Gasteiger partial charge in [0, 0.05) is 11.1 Å². The summed E-state index contributed by atoms with van der Waals surface area (Å²) in [6.07, 6.45) is 2.97. The molecule has 206 valence electrons. The van der Waals surface area contributed by atoms with Crippen molar-refractivity contribution in [3.63, 3.8) is 0 Å². The predicted molar refractivity (Wildman–Crippen MR) is 156 cm³/mol. The molecule has 6 rings (SSSR count). The summed E-state index contributed by atoms with van der Waals surface area (Å²) in [5, 5.41) is 0. The molecule has 0 amide bonds. The lowest BCUT2D eigenvalue weighted by molar-refractivity contribution is -0.145. The molecule has 2 heterocycles. The van der Waals surface area contributed by atoms with Crippen molar-refractivity contribution in [2.45, 2.75) is 11.2 Å². The fourth-order valence-corrected chi connectivity index (χ4v) is 5.25. The van der Waals surface area contributed by atoms with Gasteiger partial charge >= 0.3 is 11.9 Å². The van der Waals surface area contributed by atoms with Crippen molar-refractivity contribution >= 4 is 11.9 Å². The van der Waals surface area contributed by atoms with Crippen molar-refractivity contribution in [1.29, 1.82) is 0 Å². The normalized spacial score (nSPS) is 13.8. The van der Waals surface area contributed by atoms with Gasteiger partial charge in [-0.1, -0.05) is 97.1 Å². The number of hydrogen-bond donors (Lipinski definition) is 0. The SMILES string of the molecule is O=C(OC(c1ccccc1)(c1ccco1)C(OC(=O)c1ccccc1)(c1ccccc1)c1ccco1)c1ccccc1. The molecule has 0 aliphatic carbocycles. The van der Waals surface area contributed by atoms with E-state index in [4.69, 9.17) is 18.3 Å². The van der Waals surface area contributed by atoms with E-state index in [1.807, 2.05) is 48.5 Å². The molecule has 0 aliphatic rings. The minimum atomic E-state index is -1.91. The maximum atomic E-state index is 14.1. The van der Waals surface area contributed by atoms with Gasteiger partial charge in [0.05, 0.1) is 23.7 Å². The van der Waals surface area contributed by atoms with Gasteiger partial charge in [-0.15, -0.1) is 0 Å². The van der Waals surface area contributed by atoms with E-state index >= 15 is 0 Å². The lowest BCUT2D eigenvalue weighted by Gasteiger charge is -2.46. The third-order valence-electron chi connectivity index (χ3n) is 7.10. The van der Waals surface area contributed by atoms with Crippen LogP contribution in [0.5, 0.6) is 0 Å². The predicted octanol–water partition coefficient (Wildman–Crippen LogP) is 7.77. The smallest absolute Gasteiger partial charge is 0.339 e. The highest BCUT2D eigenvalue weighted by atomic mass is 16.6. The second kappa shape index (κ2) is 11.5. The Morgan fingerprint density at radius 2 is 0.762 bits per heavy atom. The van der Waals surface area contributed by atoms with Crippen LogP contribution in [-0.2, 0) is 20.7 Å². The van der Waals surface area contributed by atoms with Crippen LogP contribution < -0.4 is 0 Å². The summed E-state index contributed by atoms with van der Waals surface area (Å²) in [5.74, 6) is -0.866. The van der Waals surface area contributed by atoms with E-state index in [2.05, 4.69) is 0 Å². The summed E-state index contributed by atoms with van der Waals surface area (Å²) < 4.78 is 25.5.